The van der Waals surface area contributed by atoms with Gasteiger partial charge in [-0.2, -0.15) is 4.98 Å². The third-order valence-electron chi connectivity index (χ3n) is 5.65. The molecule has 0 bridgehead atoms. The molecule has 2 aliphatic heterocycles. The van der Waals surface area contributed by atoms with Crippen LogP contribution < -0.4 is 20.9 Å². The first-order valence-electron chi connectivity index (χ1n) is 10.3. The van der Waals surface area contributed by atoms with Crippen LogP contribution in [-0.2, 0) is 6.54 Å². The predicted octanol–water partition coefficient (Wildman–Crippen LogP) is 3.15. The molecule has 3 N–H and O–H groups in total. The maximum atomic E-state index is 13.6. The van der Waals surface area contributed by atoms with Crippen LogP contribution in [0.1, 0.15) is 37.7 Å². The molecule has 7 heteroatoms. The van der Waals surface area contributed by atoms with Crippen molar-refractivity contribution in [1.29, 1.82) is 0 Å². The van der Waals surface area contributed by atoms with Gasteiger partial charge in [0.15, 0.2) is 0 Å². The van der Waals surface area contributed by atoms with Crippen LogP contribution in [0.3, 0.4) is 0 Å². The molecule has 0 unspecified atom stereocenters. The summed E-state index contributed by atoms with van der Waals surface area (Å²) in [6.45, 7) is 4.18. The van der Waals surface area contributed by atoms with Crippen molar-refractivity contribution in [1.82, 2.24) is 9.97 Å². The first-order chi connectivity index (χ1) is 13.7. The van der Waals surface area contributed by atoms with Gasteiger partial charge in [0.05, 0.1) is 0 Å². The van der Waals surface area contributed by atoms with Crippen molar-refractivity contribution >= 4 is 17.5 Å². The van der Waals surface area contributed by atoms with Gasteiger partial charge in [0.1, 0.15) is 11.6 Å². The summed E-state index contributed by atoms with van der Waals surface area (Å²) >= 11 is 0. The van der Waals surface area contributed by atoms with Crippen molar-refractivity contribution in [2.45, 2.75) is 44.7 Å². The van der Waals surface area contributed by atoms with Gasteiger partial charge in [0, 0.05) is 56.2 Å². The number of rotatable bonds is 5. The zero-order valence-corrected chi connectivity index (χ0v) is 16.3. The van der Waals surface area contributed by atoms with Crippen LogP contribution in [-0.4, -0.2) is 42.2 Å². The summed E-state index contributed by atoms with van der Waals surface area (Å²) in [5.74, 6) is 1.43. The Balaban J connectivity index is 1.49. The molecule has 0 spiro atoms. The van der Waals surface area contributed by atoms with Gasteiger partial charge in [-0.15, -0.1) is 0 Å². The van der Waals surface area contributed by atoms with Crippen molar-refractivity contribution < 1.29 is 4.39 Å². The van der Waals surface area contributed by atoms with Crippen molar-refractivity contribution in [3.05, 3.63) is 41.8 Å². The van der Waals surface area contributed by atoms with Gasteiger partial charge < -0.3 is 20.9 Å². The lowest BCUT2D eigenvalue weighted by atomic mass is 10.0. The number of hydrogen-bond acceptors (Lipinski definition) is 6. The van der Waals surface area contributed by atoms with E-state index in [4.69, 9.17) is 10.7 Å². The molecule has 0 aliphatic carbocycles. The minimum Gasteiger partial charge on any atom is -0.369 e. The van der Waals surface area contributed by atoms with E-state index in [1.54, 1.807) is 12.1 Å². The van der Waals surface area contributed by atoms with E-state index in [9.17, 15) is 4.39 Å². The maximum Gasteiger partial charge on any atom is 0.227 e. The van der Waals surface area contributed by atoms with Gasteiger partial charge in [-0.3, -0.25) is 0 Å². The lowest BCUT2D eigenvalue weighted by molar-refractivity contribution is 0.526. The molecule has 0 amide bonds. The summed E-state index contributed by atoms with van der Waals surface area (Å²) in [5.41, 5.74) is 7.80. The SMILES string of the molecule is NCc1cnc(N2CCCCC2)nc1N[C@@H]1CCCN(c2cccc(F)c2)C1. The second kappa shape index (κ2) is 8.73. The lowest BCUT2D eigenvalue weighted by Gasteiger charge is -2.35. The van der Waals surface area contributed by atoms with E-state index in [2.05, 4.69) is 20.1 Å². The molecule has 4 rings (SSSR count). The molecule has 2 aliphatic rings. The quantitative estimate of drug-likeness (QED) is 0.825. The molecule has 0 radical (unpaired) electrons. The van der Waals surface area contributed by atoms with Crippen LogP contribution in [0.4, 0.5) is 21.8 Å². The molecule has 2 aromatic rings. The number of nitrogens with two attached hydrogens (primary N) is 1. The highest BCUT2D eigenvalue weighted by atomic mass is 19.1. The molecule has 2 fully saturated rings. The van der Waals surface area contributed by atoms with Crippen LogP contribution in [0.2, 0.25) is 0 Å². The van der Waals surface area contributed by atoms with Gasteiger partial charge in [0.2, 0.25) is 5.95 Å². The van der Waals surface area contributed by atoms with E-state index in [0.29, 0.717) is 6.54 Å². The molecule has 3 heterocycles. The molecule has 0 saturated carbocycles. The van der Waals surface area contributed by atoms with Gasteiger partial charge >= 0.3 is 0 Å². The molecule has 2 saturated heterocycles. The number of hydrogen-bond donors (Lipinski definition) is 2. The fourth-order valence-corrected chi connectivity index (χ4v) is 4.11. The monoisotopic (exact) mass is 384 g/mol. The van der Waals surface area contributed by atoms with Crippen LogP contribution in [0.25, 0.3) is 0 Å². The van der Waals surface area contributed by atoms with E-state index in [1.807, 2.05) is 12.3 Å². The summed E-state index contributed by atoms with van der Waals surface area (Å²) in [6.07, 6.45) is 7.62. The second-order valence-electron chi connectivity index (χ2n) is 7.71. The number of nitrogens with zero attached hydrogens (tertiary/aromatic N) is 4. The van der Waals surface area contributed by atoms with Crippen molar-refractivity contribution in [2.75, 3.05) is 41.3 Å². The maximum absolute atomic E-state index is 13.6. The zero-order valence-electron chi connectivity index (χ0n) is 16.3. The average molecular weight is 385 g/mol. The molecular formula is C21H29FN6. The van der Waals surface area contributed by atoms with Crippen LogP contribution in [0.15, 0.2) is 30.5 Å². The molecule has 6 nitrogen and oxygen atoms in total. The molecule has 28 heavy (non-hydrogen) atoms. The highest BCUT2D eigenvalue weighted by Crippen LogP contribution is 2.25. The number of anilines is 3. The smallest absolute Gasteiger partial charge is 0.227 e. The van der Waals surface area contributed by atoms with Gasteiger partial charge in [0.25, 0.3) is 0 Å². The molecular weight excluding hydrogens is 355 g/mol. The van der Waals surface area contributed by atoms with Crippen molar-refractivity contribution in [3.63, 3.8) is 0 Å². The first kappa shape index (κ1) is 18.9. The average Bonchev–Trinajstić information content (AvgIpc) is 2.74. The van der Waals surface area contributed by atoms with E-state index in [0.717, 1.165) is 62.0 Å². The molecule has 1 aromatic carbocycles. The number of aromatic nitrogens is 2. The van der Waals surface area contributed by atoms with Gasteiger partial charge in [-0.25, -0.2) is 9.37 Å². The Morgan fingerprint density at radius 2 is 1.93 bits per heavy atom. The fourth-order valence-electron chi connectivity index (χ4n) is 4.11. The highest BCUT2D eigenvalue weighted by Gasteiger charge is 2.22. The third kappa shape index (κ3) is 4.35. The van der Waals surface area contributed by atoms with Crippen LogP contribution in [0, 0.1) is 5.82 Å². The van der Waals surface area contributed by atoms with Crippen LogP contribution >= 0.6 is 0 Å². The minimum atomic E-state index is -0.194. The summed E-state index contributed by atoms with van der Waals surface area (Å²) in [7, 11) is 0. The van der Waals surface area contributed by atoms with E-state index < -0.39 is 0 Å². The molecule has 1 atom stereocenters. The predicted molar refractivity (Wildman–Crippen MR) is 111 cm³/mol. The normalized spacial score (nSPS) is 20.3. The summed E-state index contributed by atoms with van der Waals surface area (Å²) < 4.78 is 13.6. The van der Waals surface area contributed by atoms with Gasteiger partial charge in [-0.1, -0.05) is 6.07 Å². The zero-order chi connectivity index (χ0) is 19.3. The number of piperidine rings is 2. The topological polar surface area (TPSA) is 70.3 Å². The van der Waals surface area contributed by atoms with Crippen molar-refractivity contribution in [3.8, 4) is 0 Å². The Bertz CT molecular complexity index is 792. The second-order valence-corrected chi connectivity index (χ2v) is 7.71. The van der Waals surface area contributed by atoms with Crippen LogP contribution in [0.5, 0.6) is 0 Å². The Labute approximate surface area is 166 Å². The Morgan fingerprint density at radius 1 is 1.11 bits per heavy atom. The number of nitrogens with one attached hydrogen (secondary N) is 1. The third-order valence-corrected chi connectivity index (χ3v) is 5.65. The summed E-state index contributed by atoms with van der Waals surface area (Å²) in [5, 5.41) is 3.60. The molecule has 1 aromatic heterocycles. The largest absolute Gasteiger partial charge is 0.369 e. The summed E-state index contributed by atoms with van der Waals surface area (Å²) in [4.78, 5) is 13.9. The molecule has 150 valence electrons. The van der Waals surface area contributed by atoms with E-state index in [1.165, 1.54) is 25.3 Å². The van der Waals surface area contributed by atoms with E-state index >= 15 is 0 Å². The van der Waals surface area contributed by atoms with Gasteiger partial charge in [-0.05, 0) is 50.3 Å². The van der Waals surface area contributed by atoms with E-state index in [-0.39, 0.29) is 11.9 Å². The van der Waals surface area contributed by atoms with Crippen molar-refractivity contribution in [2.24, 2.45) is 5.73 Å². The first-order valence-corrected chi connectivity index (χ1v) is 10.3. The summed E-state index contributed by atoms with van der Waals surface area (Å²) in [6, 6.07) is 7.07. The minimum absolute atomic E-state index is 0.194. The highest BCUT2D eigenvalue weighted by molar-refractivity contribution is 5.51. The fraction of sp³-hybridized carbons (Fsp3) is 0.524. The number of halogens is 1. The lowest BCUT2D eigenvalue weighted by Crippen LogP contribution is -2.42. The number of benzene rings is 1. The Kier molecular flexibility index (Phi) is 5.90. The standard InChI is InChI=1S/C21H29FN6/c22-17-6-4-8-19(12-17)28-11-5-7-18(15-28)25-20-16(13-23)14-24-21(26-20)27-9-2-1-3-10-27/h4,6,8,12,14,18H,1-3,5,7,9-11,13,15,23H2,(H,24,25,26)/t18-/m1/s1. The Hall–Kier alpha value is -2.41. The Morgan fingerprint density at radius 3 is 2.71 bits per heavy atom.